The van der Waals surface area contributed by atoms with Crippen LogP contribution in [0, 0.1) is 0 Å². The van der Waals surface area contributed by atoms with Gasteiger partial charge in [-0.15, -0.1) is 0 Å². The molecule has 0 atom stereocenters. The zero-order valence-electron chi connectivity index (χ0n) is 18.7. The van der Waals surface area contributed by atoms with Crippen LogP contribution in [0.15, 0.2) is 36.4 Å². The minimum Gasteiger partial charge on any atom is -0.456 e. The van der Waals surface area contributed by atoms with Gasteiger partial charge in [0.2, 0.25) is 0 Å². The van der Waals surface area contributed by atoms with Crippen molar-refractivity contribution in [3.8, 4) is 11.5 Å². The molecule has 2 fully saturated rings. The van der Waals surface area contributed by atoms with Crippen LogP contribution < -0.4 is 4.74 Å². The molecular formula is C25H24ClF3O4. The van der Waals surface area contributed by atoms with E-state index in [0.717, 1.165) is 36.6 Å². The molecule has 1 aliphatic carbocycles. The first-order valence-corrected chi connectivity index (χ1v) is 11.1. The largest absolute Gasteiger partial charge is 0.456 e. The van der Waals surface area contributed by atoms with Crippen LogP contribution in [0.3, 0.4) is 0 Å². The van der Waals surface area contributed by atoms with Crippen LogP contribution in [-0.4, -0.2) is 22.8 Å². The average molecular weight is 481 g/mol. The molecule has 1 heterocycles. The fraction of sp³-hybridized carbons (Fsp3) is 0.440. The number of hydrogen-bond acceptors (Lipinski definition) is 4. The molecule has 2 aliphatic rings. The van der Waals surface area contributed by atoms with E-state index in [9.17, 15) is 22.8 Å². The number of alkyl halides is 3. The zero-order chi connectivity index (χ0) is 24.3. The smallest absolute Gasteiger partial charge is 0.416 e. The molecule has 176 valence electrons. The van der Waals surface area contributed by atoms with Gasteiger partial charge in [0.05, 0.1) is 10.6 Å². The molecule has 0 radical (unpaired) electrons. The van der Waals surface area contributed by atoms with Gasteiger partial charge < -0.3 is 9.47 Å². The number of halogens is 4. The Morgan fingerprint density at radius 1 is 0.939 bits per heavy atom. The first-order chi connectivity index (χ1) is 15.2. The number of ether oxygens (including phenoxy) is 2. The molecule has 1 saturated carbocycles. The first kappa shape index (κ1) is 23.8. The predicted octanol–water partition coefficient (Wildman–Crippen LogP) is 6.84. The lowest BCUT2D eigenvalue weighted by Gasteiger charge is -2.43. The van der Waals surface area contributed by atoms with Gasteiger partial charge in [-0.25, -0.2) is 0 Å². The van der Waals surface area contributed by atoms with E-state index in [2.05, 4.69) is 0 Å². The van der Waals surface area contributed by atoms with Crippen molar-refractivity contribution in [2.45, 2.75) is 69.8 Å². The topological polar surface area (TPSA) is 52.6 Å². The highest BCUT2D eigenvalue weighted by atomic mass is 35.5. The van der Waals surface area contributed by atoms with E-state index in [1.165, 1.54) is 0 Å². The SMILES string of the molecule is CC1(C)OC(C)(C)C(=O)C(c2cc(Oc3ccc(C(F)(F)F)cc3Cl)ccc2C2CC2)C1=O. The number of carbonyl (C=O) groups is 2. The van der Waals surface area contributed by atoms with Crippen LogP contribution in [0.5, 0.6) is 11.5 Å². The van der Waals surface area contributed by atoms with Crippen molar-refractivity contribution < 1.29 is 32.2 Å². The highest BCUT2D eigenvalue weighted by Crippen LogP contribution is 2.48. The fourth-order valence-electron chi connectivity index (χ4n) is 4.35. The molecule has 0 aromatic heterocycles. The monoisotopic (exact) mass is 480 g/mol. The maximum atomic E-state index is 13.3. The zero-order valence-corrected chi connectivity index (χ0v) is 19.4. The molecular weight excluding hydrogens is 457 g/mol. The molecule has 1 saturated heterocycles. The van der Waals surface area contributed by atoms with Crippen LogP contribution in [0.2, 0.25) is 5.02 Å². The van der Waals surface area contributed by atoms with E-state index in [4.69, 9.17) is 21.1 Å². The second kappa shape index (κ2) is 7.84. The van der Waals surface area contributed by atoms with E-state index in [1.807, 2.05) is 6.07 Å². The van der Waals surface area contributed by atoms with Crippen LogP contribution in [-0.2, 0) is 20.5 Å². The summed E-state index contributed by atoms with van der Waals surface area (Å²) in [5, 5.41) is -0.196. The third-order valence-corrected chi connectivity index (χ3v) is 6.39. The van der Waals surface area contributed by atoms with Gasteiger partial charge in [-0.05, 0) is 87.9 Å². The Hall–Kier alpha value is -2.38. The normalized spacial score (nSPS) is 20.7. The third-order valence-electron chi connectivity index (χ3n) is 6.09. The number of benzene rings is 2. The molecule has 0 spiro atoms. The lowest BCUT2D eigenvalue weighted by Crippen LogP contribution is -2.58. The van der Waals surface area contributed by atoms with Crippen molar-refractivity contribution in [1.82, 2.24) is 0 Å². The second-order valence-corrected chi connectivity index (χ2v) is 10.0. The lowest BCUT2D eigenvalue weighted by atomic mass is 9.73. The summed E-state index contributed by atoms with van der Waals surface area (Å²) >= 11 is 6.04. The van der Waals surface area contributed by atoms with E-state index in [1.54, 1.807) is 39.8 Å². The van der Waals surface area contributed by atoms with Crippen LogP contribution in [0.1, 0.15) is 69.1 Å². The summed E-state index contributed by atoms with van der Waals surface area (Å²) in [5.74, 6) is -1.12. The Bertz CT molecular complexity index is 1110. The number of Topliss-reactive ketones (excluding diaryl/α,β-unsaturated/α-hetero) is 2. The molecule has 0 amide bonds. The molecule has 0 N–H and O–H groups in total. The van der Waals surface area contributed by atoms with Gasteiger partial charge in [0.25, 0.3) is 0 Å². The predicted molar refractivity (Wildman–Crippen MR) is 117 cm³/mol. The summed E-state index contributed by atoms with van der Waals surface area (Å²) in [6.07, 6.45) is -2.61. The highest BCUT2D eigenvalue weighted by molar-refractivity contribution is 6.32. The number of carbonyl (C=O) groups excluding carboxylic acids is 2. The van der Waals surface area contributed by atoms with E-state index < -0.39 is 28.9 Å². The first-order valence-electron chi connectivity index (χ1n) is 10.7. The van der Waals surface area contributed by atoms with Crippen molar-refractivity contribution >= 4 is 23.2 Å². The van der Waals surface area contributed by atoms with Crippen molar-refractivity contribution in [2.75, 3.05) is 0 Å². The number of hydrogen-bond donors (Lipinski definition) is 0. The maximum Gasteiger partial charge on any atom is 0.416 e. The Kier molecular flexibility index (Phi) is 5.65. The van der Waals surface area contributed by atoms with Gasteiger partial charge in [-0.2, -0.15) is 13.2 Å². The van der Waals surface area contributed by atoms with Gasteiger partial charge in [-0.1, -0.05) is 17.7 Å². The average Bonchev–Trinajstić information content (AvgIpc) is 3.52. The van der Waals surface area contributed by atoms with E-state index in [-0.39, 0.29) is 34.0 Å². The Labute approximate surface area is 195 Å². The quantitative estimate of drug-likeness (QED) is 0.450. The molecule has 1 aliphatic heterocycles. The molecule has 33 heavy (non-hydrogen) atoms. The summed E-state index contributed by atoms with van der Waals surface area (Å²) in [5.41, 5.74) is -1.74. The standard InChI is InChI=1S/C25H24ClF3O4/c1-23(2)21(30)20(22(31)24(3,4)33-23)17-12-15(8-9-16(17)13-5-6-13)32-19-10-7-14(11-18(19)26)25(27,28)29/h7-13,20H,5-6H2,1-4H3. The minimum atomic E-state index is -4.52. The third kappa shape index (κ3) is 4.53. The van der Waals surface area contributed by atoms with Gasteiger partial charge in [0.15, 0.2) is 11.6 Å². The summed E-state index contributed by atoms with van der Waals surface area (Å²) in [7, 11) is 0. The molecule has 0 unspecified atom stereocenters. The summed E-state index contributed by atoms with van der Waals surface area (Å²) in [6.45, 7) is 6.59. The van der Waals surface area contributed by atoms with Crippen molar-refractivity contribution in [3.63, 3.8) is 0 Å². The molecule has 8 heteroatoms. The number of ketones is 2. The fourth-order valence-corrected chi connectivity index (χ4v) is 4.57. The van der Waals surface area contributed by atoms with Crippen LogP contribution in [0.25, 0.3) is 0 Å². The van der Waals surface area contributed by atoms with Crippen molar-refractivity contribution in [1.29, 1.82) is 0 Å². The van der Waals surface area contributed by atoms with E-state index in [0.29, 0.717) is 5.56 Å². The number of rotatable bonds is 4. The molecule has 2 aromatic carbocycles. The molecule has 2 aromatic rings. The van der Waals surface area contributed by atoms with Crippen LogP contribution >= 0.6 is 11.6 Å². The molecule has 0 bridgehead atoms. The maximum absolute atomic E-state index is 13.3. The second-order valence-electron chi connectivity index (χ2n) is 9.59. The lowest BCUT2D eigenvalue weighted by molar-refractivity contribution is -0.184. The van der Waals surface area contributed by atoms with Crippen LogP contribution in [0.4, 0.5) is 13.2 Å². The van der Waals surface area contributed by atoms with Crippen molar-refractivity contribution in [2.24, 2.45) is 0 Å². The van der Waals surface area contributed by atoms with Gasteiger partial charge in [0, 0.05) is 0 Å². The molecule has 4 nitrogen and oxygen atoms in total. The Morgan fingerprint density at radius 3 is 2.06 bits per heavy atom. The summed E-state index contributed by atoms with van der Waals surface area (Å²) in [6, 6.07) is 7.95. The van der Waals surface area contributed by atoms with Gasteiger partial charge >= 0.3 is 6.18 Å². The van der Waals surface area contributed by atoms with Gasteiger partial charge in [0.1, 0.15) is 28.6 Å². The van der Waals surface area contributed by atoms with Crippen molar-refractivity contribution in [3.05, 3.63) is 58.1 Å². The summed E-state index contributed by atoms with van der Waals surface area (Å²) in [4.78, 5) is 26.6. The minimum absolute atomic E-state index is 0.0417. The van der Waals surface area contributed by atoms with E-state index >= 15 is 0 Å². The van der Waals surface area contributed by atoms with Gasteiger partial charge in [-0.3, -0.25) is 9.59 Å². The highest BCUT2D eigenvalue weighted by Gasteiger charge is 2.53. The molecule has 4 rings (SSSR count). The summed E-state index contributed by atoms with van der Waals surface area (Å²) < 4.78 is 50.4. The Morgan fingerprint density at radius 2 is 1.55 bits per heavy atom. The Balaban J connectivity index is 1.74.